The Balaban J connectivity index is 2.00. The molecule has 140 valence electrons. The van der Waals surface area contributed by atoms with Gasteiger partial charge in [0.05, 0.1) is 4.90 Å². The van der Waals surface area contributed by atoms with Gasteiger partial charge in [-0.3, -0.25) is 4.79 Å². The highest BCUT2D eigenvalue weighted by molar-refractivity contribution is 7.89. The Bertz CT molecular complexity index is 851. The smallest absolute Gasteiger partial charge is 0.251 e. The Morgan fingerprint density at radius 1 is 1.15 bits per heavy atom. The molecule has 2 aromatic rings. The van der Waals surface area contributed by atoms with Crippen molar-refractivity contribution >= 4 is 27.5 Å². The van der Waals surface area contributed by atoms with E-state index in [0.717, 1.165) is 5.56 Å². The Morgan fingerprint density at radius 2 is 1.85 bits per heavy atom. The molecule has 1 unspecified atom stereocenters. The van der Waals surface area contributed by atoms with Crippen molar-refractivity contribution in [1.29, 1.82) is 0 Å². The molecule has 0 radical (unpaired) electrons. The maximum Gasteiger partial charge on any atom is 0.251 e. The summed E-state index contributed by atoms with van der Waals surface area (Å²) in [6.07, 6.45) is 1.35. The first-order valence-corrected chi connectivity index (χ1v) is 10.3. The third-order valence-corrected chi connectivity index (χ3v) is 5.83. The molecule has 1 atom stereocenters. The highest BCUT2D eigenvalue weighted by atomic mass is 35.5. The molecule has 0 aliphatic carbocycles. The molecule has 5 nitrogen and oxygen atoms in total. The molecule has 7 heteroatoms. The Hall–Kier alpha value is -1.89. The molecule has 0 spiro atoms. The van der Waals surface area contributed by atoms with Crippen molar-refractivity contribution in [2.45, 2.75) is 37.6 Å². The summed E-state index contributed by atoms with van der Waals surface area (Å²) in [6.45, 7) is 4.14. The van der Waals surface area contributed by atoms with Crippen LogP contribution in [0, 0.1) is 0 Å². The molecule has 26 heavy (non-hydrogen) atoms. The lowest BCUT2D eigenvalue weighted by Gasteiger charge is -2.13. The summed E-state index contributed by atoms with van der Waals surface area (Å²) < 4.78 is 27.3. The third-order valence-electron chi connectivity index (χ3n) is 3.99. The van der Waals surface area contributed by atoms with Gasteiger partial charge in [0, 0.05) is 23.2 Å². The molecule has 2 rings (SSSR count). The van der Waals surface area contributed by atoms with Crippen molar-refractivity contribution in [3.63, 3.8) is 0 Å². The van der Waals surface area contributed by atoms with Crippen LogP contribution in [0.1, 0.15) is 36.2 Å². The molecule has 1 amide bonds. The van der Waals surface area contributed by atoms with Gasteiger partial charge in [0.2, 0.25) is 10.0 Å². The van der Waals surface area contributed by atoms with Crippen LogP contribution in [-0.2, 0) is 16.4 Å². The monoisotopic (exact) mass is 394 g/mol. The fourth-order valence-electron chi connectivity index (χ4n) is 2.29. The van der Waals surface area contributed by atoms with Crippen LogP contribution in [0.5, 0.6) is 0 Å². The van der Waals surface area contributed by atoms with Crippen LogP contribution < -0.4 is 10.0 Å². The lowest BCUT2D eigenvalue weighted by atomic mass is 10.1. The standard InChI is InChI=1S/C19H23ClN2O3S/c1-3-14(2)22-26(24,25)18-6-4-5-16(13-18)19(23)21-12-11-15-7-9-17(20)10-8-15/h4-10,13-14,22H,3,11-12H2,1-2H3,(H,21,23). The van der Waals surface area contributed by atoms with Crippen LogP contribution in [0.4, 0.5) is 0 Å². The van der Waals surface area contributed by atoms with E-state index in [1.807, 2.05) is 19.1 Å². The number of rotatable bonds is 8. The second-order valence-corrected chi connectivity index (χ2v) is 8.24. The number of hydrogen-bond acceptors (Lipinski definition) is 3. The van der Waals surface area contributed by atoms with Crippen LogP contribution in [0.2, 0.25) is 5.02 Å². The number of halogens is 1. The van der Waals surface area contributed by atoms with Crippen LogP contribution in [0.3, 0.4) is 0 Å². The average Bonchev–Trinajstić information content (AvgIpc) is 2.63. The highest BCUT2D eigenvalue weighted by Crippen LogP contribution is 2.13. The molecule has 0 fully saturated rings. The quantitative estimate of drug-likeness (QED) is 0.720. The van der Waals surface area contributed by atoms with Gasteiger partial charge in [-0.25, -0.2) is 13.1 Å². The molecule has 0 aromatic heterocycles. The average molecular weight is 395 g/mol. The lowest BCUT2D eigenvalue weighted by molar-refractivity contribution is 0.0954. The van der Waals surface area contributed by atoms with E-state index in [2.05, 4.69) is 10.0 Å². The van der Waals surface area contributed by atoms with E-state index in [-0.39, 0.29) is 16.8 Å². The number of benzene rings is 2. The maximum atomic E-state index is 12.3. The summed E-state index contributed by atoms with van der Waals surface area (Å²) in [5, 5.41) is 3.47. The summed E-state index contributed by atoms with van der Waals surface area (Å²) in [4.78, 5) is 12.4. The lowest BCUT2D eigenvalue weighted by Crippen LogP contribution is -2.32. The Kier molecular flexibility index (Phi) is 7.20. The first-order chi connectivity index (χ1) is 12.3. The minimum Gasteiger partial charge on any atom is -0.352 e. The number of carbonyl (C=O) groups is 1. The van der Waals surface area contributed by atoms with Gasteiger partial charge < -0.3 is 5.32 Å². The predicted octanol–water partition coefficient (Wildman–Crippen LogP) is 3.39. The minimum atomic E-state index is -3.64. The Labute approximate surface area is 159 Å². The van der Waals surface area contributed by atoms with Crippen LogP contribution in [0.25, 0.3) is 0 Å². The largest absolute Gasteiger partial charge is 0.352 e. The molecule has 0 bridgehead atoms. The normalized spacial score (nSPS) is 12.6. The van der Waals surface area contributed by atoms with Crippen LogP contribution in [0.15, 0.2) is 53.4 Å². The third kappa shape index (κ3) is 5.83. The molecule has 0 aliphatic rings. The van der Waals surface area contributed by atoms with E-state index in [9.17, 15) is 13.2 Å². The SMILES string of the molecule is CCC(C)NS(=O)(=O)c1cccc(C(=O)NCCc2ccc(Cl)cc2)c1. The molecule has 0 heterocycles. The highest BCUT2D eigenvalue weighted by Gasteiger charge is 2.18. The van der Waals surface area contributed by atoms with Gasteiger partial charge >= 0.3 is 0 Å². The second-order valence-electron chi connectivity index (χ2n) is 6.09. The van der Waals surface area contributed by atoms with Gasteiger partial charge in [-0.05, 0) is 55.7 Å². The number of nitrogens with one attached hydrogen (secondary N) is 2. The fourth-order valence-corrected chi connectivity index (χ4v) is 3.79. The number of carbonyl (C=O) groups excluding carboxylic acids is 1. The van der Waals surface area contributed by atoms with Crippen molar-refractivity contribution in [2.24, 2.45) is 0 Å². The zero-order valence-corrected chi connectivity index (χ0v) is 16.4. The number of sulfonamides is 1. The minimum absolute atomic E-state index is 0.0863. The van der Waals surface area contributed by atoms with E-state index in [0.29, 0.717) is 30.0 Å². The van der Waals surface area contributed by atoms with Gasteiger partial charge in [-0.15, -0.1) is 0 Å². The van der Waals surface area contributed by atoms with Gasteiger partial charge in [0.1, 0.15) is 0 Å². The van der Waals surface area contributed by atoms with Crippen molar-refractivity contribution in [1.82, 2.24) is 10.0 Å². The zero-order valence-electron chi connectivity index (χ0n) is 14.8. The van der Waals surface area contributed by atoms with Crippen LogP contribution >= 0.6 is 11.6 Å². The fraction of sp³-hybridized carbons (Fsp3) is 0.316. The zero-order chi connectivity index (χ0) is 19.2. The maximum absolute atomic E-state index is 12.3. The summed E-state index contributed by atoms with van der Waals surface area (Å²) in [6, 6.07) is 13.3. The van der Waals surface area contributed by atoms with Crippen molar-refractivity contribution in [3.8, 4) is 0 Å². The van der Waals surface area contributed by atoms with Crippen molar-refractivity contribution in [2.75, 3.05) is 6.54 Å². The van der Waals surface area contributed by atoms with E-state index >= 15 is 0 Å². The summed E-state index contributed by atoms with van der Waals surface area (Å²) >= 11 is 5.84. The molecule has 0 aliphatic heterocycles. The van der Waals surface area contributed by atoms with E-state index in [1.54, 1.807) is 31.2 Å². The van der Waals surface area contributed by atoms with Gasteiger partial charge in [0.15, 0.2) is 0 Å². The topological polar surface area (TPSA) is 75.3 Å². The Morgan fingerprint density at radius 3 is 2.50 bits per heavy atom. The van der Waals surface area contributed by atoms with E-state index in [1.165, 1.54) is 12.1 Å². The molecule has 0 saturated carbocycles. The molecule has 2 N–H and O–H groups in total. The van der Waals surface area contributed by atoms with Gasteiger partial charge in [0.25, 0.3) is 5.91 Å². The summed E-state index contributed by atoms with van der Waals surface area (Å²) in [7, 11) is -3.64. The predicted molar refractivity (Wildman–Crippen MR) is 104 cm³/mol. The van der Waals surface area contributed by atoms with Gasteiger partial charge in [-0.2, -0.15) is 0 Å². The van der Waals surface area contributed by atoms with Crippen LogP contribution in [-0.4, -0.2) is 26.9 Å². The van der Waals surface area contributed by atoms with E-state index < -0.39 is 10.0 Å². The number of amides is 1. The molecule has 0 saturated heterocycles. The first kappa shape index (κ1) is 20.4. The number of hydrogen-bond donors (Lipinski definition) is 2. The molecule has 2 aromatic carbocycles. The van der Waals surface area contributed by atoms with E-state index in [4.69, 9.17) is 11.6 Å². The van der Waals surface area contributed by atoms with Crippen molar-refractivity contribution in [3.05, 3.63) is 64.7 Å². The first-order valence-electron chi connectivity index (χ1n) is 8.47. The summed E-state index contributed by atoms with van der Waals surface area (Å²) in [5.74, 6) is -0.306. The molecular weight excluding hydrogens is 372 g/mol. The van der Waals surface area contributed by atoms with Crippen molar-refractivity contribution < 1.29 is 13.2 Å². The second kappa shape index (κ2) is 9.16. The summed E-state index contributed by atoms with van der Waals surface area (Å²) in [5.41, 5.74) is 1.37. The molecular formula is C19H23ClN2O3S. The van der Waals surface area contributed by atoms with Gasteiger partial charge in [-0.1, -0.05) is 36.7 Å².